The summed E-state index contributed by atoms with van der Waals surface area (Å²) in [5.41, 5.74) is 2.87. The van der Waals surface area contributed by atoms with Crippen molar-refractivity contribution in [2.75, 3.05) is 29.0 Å². The summed E-state index contributed by atoms with van der Waals surface area (Å²) in [5.74, 6) is -0.996. The minimum absolute atomic E-state index is 0.275. The van der Waals surface area contributed by atoms with Gasteiger partial charge in [0.05, 0.1) is 12.5 Å². The first-order chi connectivity index (χ1) is 16.4. The third-order valence-corrected chi connectivity index (χ3v) is 9.68. The fraction of sp³-hybridized carbons (Fsp3) is 0.222. The van der Waals surface area contributed by atoms with Gasteiger partial charge in [-0.1, -0.05) is 66.7 Å². The third kappa shape index (κ3) is 4.77. The molecule has 176 valence electrons. The minimum atomic E-state index is -2.96. The maximum atomic E-state index is 13.2. The van der Waals surface area contributed by atoms with Crippen LogP contribution in [0.4, 0.5) is 11.4 Å². The molecule has 0 amide bonds. The van der Waals surface area contributed by atoms with E-state index < -0.39 is 13.3 Å². The Balaban J connectivity index is 1.79. The van der Waals surface area contributed by atoms with Crippen molar-refractivity contribution in [1.82, 2.24) is 0 Å². The van der Waals surface area contributed by atoms with Crippen LogP contribution in [0, 0.1) is 11.1 Å². The van der Waals surface area contributed by atoms with Gasteiger partial charge in [-0.3, -0.25) is 9.96 Å². The predicted octanol–water partition coefficient (Wildman–Crippen LogP) is 7.21. The number of ether oxygens (including phenoxy) is 1. The molecule has 0 aromatic heterocycles. The largest absolute Gasteiger partial charge is 0.466 e. The van der Waals surface area contributed by atoms with Gasteiger partial charge in [-0.15, -0.1) is 0 Å². The number of carbonyl (C=O) groups is 1. The van der Waals surface area contributed by atoms with E-state index in [1.165, 1.54) is 0 Å². The molecular weight excluding hydrogens is 465 g/mol. The van der Waals surface area contributed by atoms with Gasteiger partial charge in [-0.05, 0) is 55.3 Å². The van der Waals surface area contributed by atoms with Crippen molar-refractivity contribution >= 4 is 36.3 Å². The Labute approximate surface area is 206 Å². The normalized spacial score (nSPS) is 15.7. The van der Waals surface area contributed by atoms with Gasteiger partial charge in [0.2, 0.25) is 0 Å². The number of benzene rings is 3. The van der Waals surface area contributed by atoms with Crippen molar-refractivity contribution in [1.29, 1.82) is 5.16 Å². The molecule has 4 rings (SSSR count). The molecule has 1 atom stereocenters. The molecule has 1 aliphatic rings. The lowest BCUT2D eigenvalue weighted by Gasteiger charge is -2.39. The maximum Gasteiger partial charge on any atom is 0.313 e. The summed E-state index contributed by atoms with van der Waals surface area (Å²) in [6, 6.07) is 27.4. The highest BCUT2D eigenvalue weighted by molar-refractivity contribution is 7.72. The van der Waals surface area contributed by atoms with E-state index >= 15 is 0 Å². The van der Waals surface area contributed by atoms with Crippen molar-refractivity contribution in [3.63, 3.8) is 0 Å². The lowest BCUT2D eigenvalue weighted by molar-refractivity contribution is -0.146. The van der Waals surface area contributed by atoms with E-state index in [-0.39, 0.29) is 12.6 Å². The van der Waals surface area contributed by atoms with Gasteiger partial charge in [0.15, 0.2) is 7.36 Å². The second-order valence-electron chi connectivity index (χ2n) is 8.15. The highest BCUT2D eigenvalue weighted by Crippen LogP contribution is 2.67. The molecule has 1 saturated heterocycles. The molecule has 1 fully saturated rings. The van der Waals surface area contributed by atoms with Crippen LogP contribution in [-0.2, 0) is 16.0 Å². The number of esters is 1. The number of hydrogen-bond donors (Lipinski definition) is 1. The van der Waals surface area contributed by atoms with Crippen LogP contribution in [-0.4, -0.2) is 25.7 Å². The minimum Gasteiger partial charge on any atom is -0.466 e. The van der Waals surface area contributed by atoms with E-state index in [2.05, 4.69) is 15.9 Å². The van der Waals surface area contributed by atoms with Crippen LogP contribution >= 0.6 is 19.0 Å². The van der Waals surface area contributed by atoms with Crippen LogP contribution in [0.5, 0.6) is 0 Å². The van der Waals surface area contributed by atoms with Gasteiger partial charge in [0.25, 0.3) is 0 Å². The second-order valence-corrected chi connectivity index (χ2v) is 11.3. The summed E-state index contributed by atoms with van der Waals surface area (Å²) in [6.45, 7) is 7.85. The van der Waals surface area contributed by atoms with Crippen LogP contribution in [0.3, 0.4) is 0 Å². The summed E-state index contributed by atoms with van der Waals surface area (Å²) in [7, 11) is -2.96. The van der Waals surface area contributed by atoms with Crippen LogP contribution in [0.1, 0.15) is 12.5 Å². The van der Waals surface area contributed by atoms with E-state index in [4.69, 9.17) is 16.3 Å². The van der Waals surface area contributed by atoms with Gasteiger partial charge < -0.3 is 14.1 Å². The Morgan fingerprint density at radius 1 is 0.971 bits per heavy atom. The molecule has 0 bridgehead atoms. The first kappa shape index (κ1) is 24.1. The number of para-hydroxylation sites is 2. The zero-order valence-electron chi connectivity index (χ0n) is 19.2. The number of hydrogen-bond acceptors (Lipinski definition) is 3. The Morgan fingerprint density at radius 2 is 1.47 bits per heavy atom. The topological polar surface area (TPSA) is 56.6 Å². The zero-order chi connectivity index (χ0) is 24.1. The lowest BCUT2D eigenvalue weighted by atomic mass is 9.99. The summed E-state index contributed by atoms with van der Waals surface area (Å²) < 4.78 is 9.72. The van der Waals surface area contributed by atoms with Crippen molar-refractivity contribution in [2.24, 2.45) is 5.92 Å². The molecule has 0 aliphatic carbocycles. The molecule has 0 spiro atoms. The molecule has 0 radical (unpaired) electrons. The summed E-state index contributed by atoms with van der Waals surface area (Å²) >= 11 is 6.08. The first-order valence-electron chi connectivity index (χ1n) is 11.4. The third-order valence-electron chi connectivity index (χ3n) is 6.06. The number of anilines is 2. The highest BCUT2D eigenvalue weighted by atomic mass is 35.5. The smallest absolute Gasteiger partial charge is 0.313 e. The van der Waals surface area contributed by atoms with E-state index in [1.807, 2.05) is 84.9 Å². The van der Waals surface area contributed by atoms with Gasteiger partial charge in [-0.2, -0.15) is 0 Å². The summed E-state index contributed by atoms with van der Waals surface area (Å²) in [4.78, 5) is 13.2. The van der Waals surface area contributed by atoms with Gasteiger partial charge in [-0.25, -0.2) is 0 Å². The number of nitrogens with one attached hydrogen (secondary N) is 1. The zero-order valence-corrected chi connectivity index (χ0v) is 20.9. The number of carbonyl (C=O) groups excluding carboxylic acids is 1. The summed E-state index contributed by atoms with van der Waals surface area (Å²) in [6.07, 6.45) is 0.403. The molecule has 1 N–H and O–H groups in total. The molecule has 1 heterocycles. The number of rotatable bonds is 8. The van der Waals surface area contributed by atoms with Gasteiger partial charge in [0, 0.05) is 34.8 Å². The van der Waals surface area contributed by atoms with E-state index in [0.717, 1.165) is 16.9 Å². The molecule has 7 heteroatoms. The average molecular weight is 494 g/mol. The SMILES string of the molecule is C=C(C(Cc1ccc(Cl)cc1)C(=O)OCC)P1(=N)N(c2ccccc2)CCN1c1ccccc1. The van der Waals surface area contributed by atoms with E-state index in [0.29, 0.717) is 29.8 Å². The Kier molecular flexibility index (Phi) is 7.45. The highest BCUT2D eigenvalue weighted by Gasteiger charge is 2.45. The van der Waals surface area contributed by atoms with Gasteiger partial charge >= 0.3 is 5.97 Å². The molecule has 1 aliphatic heterocycles. The second kappa shape index (κ2) is 10.5. The molecule has 5 nitrogen and oxygen atoms in total. The quantitative estimate of drug-likeness (QED) is 0.266. The standard InChI is InChI=1S/C27H29ClN3O2P/c1-3-33-27(32)26(20-22-14-16-23(28)17-15-22)21(2)34(29)30(24-10-6-4-7-11-24)18-19-31(34)25-12-8-5-9-13-25/h4-17,26,29H,2-3,18-20H2,1H3. The molecule has 3 aromatic rings. The Hall–Kier alpha value is -3.01. The van der Waals surface area contributed by atoms with Crippen molar-refractivity contribution in [2.45, 2.75) is 13.3 Å². The maximum absolute atomic E-state index is 13.2. The van der Waals surface area contributed by atoms with Crippen LogP contribution in [0.15, 0.2) is 96.8 Å². The Morgan fingerprint density at radius 3 is 1.94 bits per heavy atom. The number of nitrogens with zero attached hydrogens (tertiary/aromatic N) is 2. The lowest BCUT2D eigenvalue weighted by Crippen LogP contribution is -2.28. The number of halogens is 1. The van der Waals surface area contributed by atoms with Crippen LogP contribution in [0.25, 0.3) is 0 Å². The predicted molar refractivity (Wildman–Crippen MR) is 142 cm³/mol. The van der Waals surface area contributed by atoms with Crippen LogP contribution < -0.4 is 9.34 Å². The molecular formula is C27H29ClN3O2P. The van der Waals surface area contributed by atoms with Gasteiger partial charge in [0.1, 0.15) is 0 Å². The Bertz CT molecular complexity index is 1130. The average Bonchev–Trinajstić information content (AvgIpc) is 3.22. The molecule has 3 aromatic carbocycles. The fourth-order valence-electron chi connectivity index (χ4n) is 4.37. The molecule has 34 heavy (non-hydrogen) atoms. The summed E-state index contributed by atoms with van der Waals surface area (Å²) in [5, 5.41) is 11.2. The first-order valence-corrected chi connectivity index (χ1v) is 13.4. The molecule has 1 unspecified atom stereocenters. The van der Waals surface area contributed by atoms with Crippen molar-refractivity contribution in [3.8, 4) is 0 Å². The fourth-order valence-corrected chi connectivity index (χ4v) is 7.70. The van der Waals surface area contributed by atoms with E-state index in [1.54, 1.807) is 6.92 Å². The van der Waals surface area contributed by atoms with Crippen molar-refractivity contribution < 1.29 is 9.53 Å². The molecule has 0 saturated carbocycles. The van der Waals surface area contributed by atoms with Crippen LogP contribution in [0.2, 0.25) is 5.02 Å². The van der Waals surface area contributed by atoms with Crippen molar-refractivity contribution in [3.05, 3.63) is 107 Å². The monoisotopic (exact) mass is 493 g/mol. The van der Waals surface area contributed by atoms with E-state index in [9.17, 15) is 9.96 Å².